The molecule has 182 valence electrons. The first-order valence-corrected chi connectivity index (χ1v) is 11.7. The molecule has 1 amide bonds. The second-order valence-electron chi connectivity index (χ2n) is 8.56. The van der Waals surface area contributed by atoms with Crippen molar-refractivity contribution in [1.82, 2.24) is 19.3 Å². The van der Waals surface area contributed by atoms with E-state index in [1.165, 1.54) is 7.11 Å². The Morgan fingerprint density at radius 1 is 1.17 bits per heavy atom. The van der Waals surface area contributed by atoms with Crippen molar-refractivity contribution >= 4 is 11.4 Å². The molecule has 8 heteroatoms. The van der Waals surface area contributed by atoms with Gasteiger partial charge in [0.1, 0.15) is 11.6 Å². The number of amides is 1. The highest BCUT2D eigenvalue weighted by Gasteiger charge is 2.31. The molecule has 2 aromatic heterocycles. The predicted molar refractivity (Wildman–Crippen MR) is 134 cm³/mol. The fourth-order valence-corrected chi connectivity index (χ4v) is 4.59. The zero-order valence-corrected chi connectivity index (χ0v) is 20.3. The molecule has 36 heavy (non-hydrogen) atoms. The van der Waals surface area contributed by atoms with Gasteiger partial charge in [0.25, 0.3) is 5.91 Å². The van der Waals surface area contributed by atoms with E-state index in [9.17, 15) is 9.18 Å². The Bertz CT molecular complexity index is 1500. The van der Waals surface area contributed by atoms with Gasteiger partial charge in [0, 0.05) is 37.0 Å². The van der Waals surface area contributed by atoms with Gasteiger partial charge in [-0.25, -0.2) is 4.98 Å². The molecular weight excluding hydrogens is 459 g/mol. The van der Waals surface area contributed by atoms with Gasteiger partial charge in [-0.15, -0.1) is 0 Å². The molecule has 1 atom stereocenters. The standard InChI is InChI=1S/C28H25FN4O3/c1-4-6-24(34)32-15-13-20(17-32)28-31-26(27-18(2)30-14-16-33(27)28)19-9-11-21(12-10-19)36-23-8-5-7-22(35-3)25(23)29/h5,7-12,14,16,20H,13,15,17H2,1-3H3. The van der Waals surface area contributed by atoms with Crippen LogP contribution in [0.25, 0.3) is 16.8 Å². The van der Waals surface area contributed by atoms with E-state index in [1.807, 2.05) is 25.3 Å². The highest BCUT2D eigenvalue weighted by Crippen LogP contribution is 2.35. The zero-order valence-electron chi connectivity index (χ0n) is 20.3. The van der Waals surface area contributed by atoms with Gasteiger partial charge in [0.2, 0.25) is 5.82 Å². The van der Waals surface area contributed by atoms with E-state index >= 15 is 0 Å². The predicted octanol–water partition coefficient (Wildman–Crippen LogP) is 4.98. The van der Waals surface area contributed by atoms with E-state index in [2.05, 4.69) is 21.2 Å². The van der Waals surface area contributed by atoms with Crippen LogP contribution in [0.2, 0.25) is 0 Å². The maximum atomic E-state index is 14.5. The number of halogens is 1. The van der Waals surface area contributed by atoms with Crippen LogP contribution in [-0.4, -0.2) is 45.4 Å². The number of imidazole rings is 1. The van der Waals surface area contributed by atoms with Crippen molar-refractivity contribution in [3.8, 4) is 40.3 Å². The maximum Gasteiger partial charge on any atom is 0.298 e. The fourth-order valence-electron chi connectivity index (χ4n) is 4.59. The molecule has 4 aromatic rings. The zero-order chi connectivity index (χ0) is 25.2. The summed E-state index contributed by atoms with van der Waals surface area (Å²) in [6.07, 6.45) is 4.49. The first-order chi connectivity index (χ1) is 17.5. The van der Waals surface area contributed by atoms with Crippen molar-refractivity contribution in [3.63, 3.8) is 0 Å². The summed E-state index contributed by atoms with van der Waals surface area (Å²) >= 11 is 0. The SMILES string of the molecule is CC#CC(=O)N1CCC(c2nc(-c3ccc(Oc4cccc(OC)c4F)cc3)c3c(C)nccn23)C1. The van der Waals surface area contributed by atoms with E-state index in [0.717, 1.165) is 34.7 Å². The highest BCUT2D eigenvalue weighted by molar-refractivity contribution is 5.93. The van der Waals surface area contributed by atoms with Crippen LogP contribution in [0.15, 0.2) is 54.9 Å². The number of carbonyl (C=O) groups is 1. The van der Waals surface area contributed by atoms with E-state index in [-0.39, 0.29) is 23.3 Å². The Balaban J connectivity index is 1.46. The van der Waals surface area contributed by atoms with E-state index in [4.69, 9.17) is 14.5 Å². The van der Waals surface area contributed by atoms with Gasteiger partial charge in [-0.1, -0.05) is 12.0 Å². The van der Waals surface area contributed by atoms with Crippen LogP contribution in [0, 0.1) is 24.6 Å². The molecule has 1 aliphatic rings. The number of nitrogens with zero attached hydrogens (tertiary/aromatic N) is 4. The van der Waals surface area contributed by atoms with E-state index in [1.54, 1.807) is 48.4 Å². The lowest BCUT2D eigenvalue weighted by Gasteiger charge is -2.12. The van der Waals surface area contributed by atoms with Crippen molar-refractivity contribution in [2.75, 3.05) is 20.2 Å². The molecule has 0 radical (unpaired) electrons. The quantitative estimate of drug-likeness (QED) is 0.374. The van der Waals surface area contributed by atoms with Crippen LogP contribution in [0.1, 0.15) is 30.8 Å². The number of fused-ring (bicyclic) bond motifs is 1. The minimum Gasteiger partial charge on any atom is -0.494 e. The first kappa shape index (κ1) is 23.4. The average molecular weight is 485 g/mol. The first-order valence-electron chi connectivity index (χ1n) is 11.7. The largest absolute Gasteiger partial charge is 0.494 e. The molecule has 1 unspecified atom stereocenters. The van der Waals surface area contributed by atoms with Gasteiger partial charge < -0.3 is 14.4 Å². The molecule has 0 saturated carbocycles. The number of carbonyl (C=O) groups excluding carboxylic acids is 1. The van der Waals surface area contributed by atoms with Crippen molar-refractivity contribution in [2.24, 2.45) is 0 Å². The van der Waals surface area contributed by atoms with Gasteiger partial charge >= 0.3 is 0 Å². The van der Waals surface area contributed by atoms with Gasteiger partial charge in [-0.2, -0.15) is 4.39 Å². The molecule has 1 saturated heterocycles. The number of methoxy groups -OCH3 is 1. The number of aryl methyl sites for hydroxylation is 1. The van der Waals surface area contributed by atoms with Crippen molar-refractivity contribution < 1.29 is 18.7 Å². The van der Waals surface area contributed by atoms with E-state index < -0.39 is 5.82 Å². The van der Waals surface area contributed by atoms with Gasteiger partial charge in [0.15, 0.2) is 11.5 Å². The van der Waals surface area contributed by atoms with Crippen LogP contribution in [-0.2, 0) is 4.79 Å². The lowest BCUT2D eigenvalue weighted by atomic mass is 10.1. The number of ether oxygens (including phenoxy) is 2. The van der Waals surface area contributed by atoms with Gasteiger partial charge in [-0.3, -0.25) is 14.2 Å². The topological polar surface area (TPSA) is 69.0 Å². The molecule has 0 spiro atoms. The van der Waals surface area contributed by atoms with Crippen LogP contribution in [0.5, 0.6) is 17.2 Å². The molecule has 1 fully saturated rings. The molecule has 3 heterocycles. The summed E-state index contributed by atoms with van der Waals surface area (Å²) in [5.74, 6) is 6.29. The minimum atomic E-state index is -0.551. The third kappa shape index (κ3) is 4.24. The third-order valence-electron chi connectivity index (χ3n) is 6.34. The van der Waals surface area contributed by atoms with Gasteiger partial charge in [-0.05, 0) is 62.6 Å². The molecule has 7 nitrogen and oxygen atoms in total. The Kier molecular flexibility index (Phi) is 6.30. The summed E-state index contributed by atoms with van der Waals surface area (Å²) in [6, 6.07) is 12.1. The summed E-state index contributed by atoms with van der Waals surface area (Å²) in [6.45, 7) is 4.85. The second kappa shape index (κ2) is 9.70. The van der Waals surface area contributed by atoms with Crippen molar-refractivity contribution in [2.45, 2.75) is 26.2 Å². The van der Waals surface area contributed by atoms with Crippen molar-refractivity contribution in [1.29, 1.82) is 0 Å². The second-order valence-corrected chi connectivity index (χ2v) is 8.56. The monoisotopic (exact) mass is 484 g/mol. The lowest BCUT2D eigenvalue weighted by Crippen LogP contribution is -2.27. The van der Waals surface area contributed by atoms with Crippen LogP contribution in [0.3, 0.4) is 0 Å². The molecule has 2 aromatic carbocycles. The lowest BCUT2D eigenvalue weighted by molar-refractivity contribution is -0.124. The normalized spacial score (nSPS) is 15.0. The Morgan fingerprint density at radius 2 is 1.94 bits per heavy atom. The van der Waals surface area contributed by atoms with Crippen molar-refractivity contribution in [3.05, 3.63) is 72.2 Å². The molecule has 5 rings (SSSR count). The smallest absolute Gasteiger partial charge is 0.298 e. The number of likely N-dealkylation sites (tertiary alicyclic amines) is 1. The maximum absolute atomic E-state index is 14.5. The summed E-state index contributed by atoms with van der Waals surface area (Å²) in [4.78, 5) is 23.5. The molecule has 0 bridgehead atoms. The average Bonchev–Trinajstić information content (AvgIpc) is 3.52. The summed E-state index contributed by atoms with van der Waals surface area (Å²) < 4.78 is 27.3. The number of benzene rings is 2. The Labute approximate surface area is 208 Å². The number of aromatic nitrogens is 3. The summed E-state index contributed by atoms with van der Waals surface area (Å²) in [5, 5.41) is 0. The number of hydrogen-bond acceptors (Lipinski definition) is 5. The third-order valence-corrected chi connectivity index (χ3v) is 6.34. The molecule has 0 N–H and O–H groups in total. The van der Waals surface area contributed by atoms with Crippen LogP contribution in [0.4, 0.5) is 4.39 Å². The Hall–Kier alpha value is -4.38. The van der Waals surface area contributed by atoms with Crippen LogP contribution < -0.4 is 9.47 Å². The summed E-state index contributed by atoms with van der Waals surface area (Å²) in [5.41, 5.74) is 3.45. The Morgan fingerprint density at radius 3 is 2.69 bits per heavy atom. The van der Waals surface area contributed by atoms with E-state index in [0.29, 0.717) is 18.8 Å². The molecule has 1 aliphatic heterocycles. The minimum absolute atomic E-state index is 0.0879. The summed E-state index contributed by atoms with van der Waals surface area (Å²) in [7, 11) is 1.41. The fraction of sp³-hybridized carbons (Fsp3) is 0.250. The van der Waals surface area contributed by atoms with Gasteiger partial charge in [0.05, 0.1) is 24.0 Å². The molecule has 0 aliphatic carbocycles. The number of rotatable bonds is 5. The van der Waals surface area contributed by atoms with Crippen LogP contribution >= 0.6 is 0 Å². The highest BCUT2D eigenvalue weighted by atomic mass is 19.1. The number of hydrogen-bond donors (Lipinski definition) is 0. The molecular formula is C28H25FN4O3.